The smallest absolute Gasteiger partial charge is 0.325 e. The van der Waals surface area contributed by atoms with Crippen LogP contribution in [0.25, 0.3) is 0 Å². The first-order valence-corrected chi connectivity index (χ1v) is 5.76. The Kier molecular flexibility index (Phi) is 4.82. The molecule has 4 nitrogen and oxygen atoms in total. The van der Waals surface area contributed by atoms with Crippen LogP contribution in [-0.2, 0) is 9.53 Å². The van der Waals surface area contributed by atoms with Crippen molar-refractivity contribution in [3.63, 3.8) is 0 Å². The monoisotopic (exact) mass is 237 g/mol. The lowest BCUT2D eigenvalue weighted by Gasteiger charge is -2.22. The Morgan fingerprint density at radius 1 is 1.47 bits per heavy atom. The van der Waals surface area contributed by atoms with Crippen LogP contribution < -0.4 is 4.90 Å². The second kappa shape index (κ2) is 6.13. The van der Waals surface area contributed by atoms with Crippen LogP contribution in [0.2, 0.25) is 0 Å². The lowest BCUT2D eigenvalue weighted by molar-refractivity contribution is -0.145. The molecule has 1 rings (SSSR count). The van der Waals surface area contributed by atoms with Gasteiger partial charge in [-0.15, -0.1) is 0 Å². The number of anilines is 1. The Morgan fingerprint density at radius 3 is 2.71 bits per heavy atom. The molecule has 0 radical (unpaired) electrons. The van der Waals surface area contributed by atoms with Crippen molar-refractivity contribution >= 4 is 11.7 Å². The Balaban J connectivity index is 2.69. The molecule has 0 saturated carbocycles. The van der Waals surface area contributed by atoms with E-state index in [1.807, 2.05) is 31.7 Å². The van der Waals surface area contributed by atoms with Crippen molar-refractivity contribution in [3.05, 3.63) is 24.3 Å². The van der Waals surface area contributed by atoms with E-state index in [0.29, 0.717) is 6.54 Å². The Labute approximate surface area is 102 Å². The first kappa shape index (κ1) is 13.4. The number of rotatable bonds is 5. The van der Waals surface area contributed by atoms with Gasteiger partial charge in [-0.25, -0.2) is 0 Å². The summed E-state index contributed by atoms with van der Waals surface area (Å²) in [5.74, 6) is -0.0663. The van der Waals surface area contributed by atoms with Gasteiger partial charge in [0.1, 0.15) is 12.3 Å². The molecule has 0 spiro atoms. The van der Waals surface area contributed by atoms with Crippen LogP contribution in [0.15, 0.2) is 24.3 Å². The van der Waals surface area contributed by atoms with E-state index in [0.717, 1.165) is 5.69 Å². The molecular weight excluding hydrogens is 218 g/mol. The molecule has 1 aromatic carbocycles. The van der Waals surface area contributed by atoms with Crippen LogP contribution >= 0.6 is 0 Å². The number of carbonyl (C=O) groups excluding carboxylic acids is 1. The predicted molar refractivity (Wildman–Crippen MR) is 67.2 cm³/mol. The molecule has 0 atom stereocenters. The summed E-state index contributed by atoms with van der Waals surface area (Å²) in [5, 5.41) is 9.39. The fourth-order valence-corrected chi connectivity index (χ4v) is 1.53. The molecule has 4 heteroatoms. The van der Waals surface area contributed by atoms with E-state index in [4.69, 9.17) is 4.74 Å². The molecule has 0 heterocycles. The van der Waals surface area contributed by atoms with Crippen LogP contribution in [0, 0.1) is 0 Å². The first-order chi connectivity index (χ1) is 8.02. The van der Waals surface area contributed by atoms with E-state index in [-0.39, 0.29) is 24.4 Å². The van der Waals surface area contributed by atoms with Crippen LogP contribution in [0.5, 0.6) is 5.75 Å². The molecule has 0 fully saturated rings. The van der Waals surface area contributed by atoms with Crippen molar-refractivity contribution in [2.45, 2.75) is 26.9 Å². The van der Waals surface area contributed by atoms with E-state index in [9.17, 15) is 9.90 Å². The van der Waals surface area contributed by atoms with Gasteiger partial charge in [-0.1, -0.05) is 6.07 Å². The highest BCUT2D eigenvalue weighted by Crippen LogP contribution is 2.19. The number of likely N-dealkylation sites (N-methyl/N-ethyl adjacent to an activating group) is 1. The molecule has 0 unspecified atom stereocenters. The number of hydrogen-bond acceptors (Lipinski definition) is 4. The minimum Gasteiger partial charge on any atom is -0.508 e. The van der Waals surface area contributed by atoms with Crippen molar-refractivity contribution in [1.82, 2.24) is 0 Å². The standard InChI is InChI=1S/C13H19NO3/c1-4-14(9-13(16)17-10(2)3)11-6-5-7-12(15)8-11/h5-8,10,15H,4,9H2,1-3H3. The molecule has 17 heavy (non-hydrogen) atoms. The molecule has 1 N–H and O–H groups in total. The molecule has 1 aromatic rings. The average Bonchev–Trinajstić information content (AvgIpc) is 2.24. The minimum atomic E-state index is -0.259. The van der Waals surface area contributed by atoms with Crippen molar-refractivity contribution in [1.29, 1.82) is 0 Å². The molecule has 0 saturated heterocycles. The highest BCUT2D eigenvalue weighted by molar-refractivity contribution is 5.76. The summed E-state index contributed by atoms with van der Waals surface area (Å²) >= 11 is 0. The van der Waals surface area contributed by atoms with Crippen molar-refractivity contribution in [3.8, 4) is 5.75 Å². The van der Waals surface area contributed by atoms with Crippen LogP contribution in [0.4, 0.5) is 5.69 Å². The summed E-state index contributed by atoms with van der Waals surface area (Å²) in [6.07, 6.45) is -0.106. The molecule has 0 bridgehead atoms. The van der Waals surface area contributed by atoms with E-state index >= 15 is 0 Å². The second-order valence-corrected chi connectivity index (χ2v) is 4.07. The maximum Gasteiger partial charge on any atom is 0.325 e. The topological polar surface area (TPSA) is 49.8 Å². The van der Waals surface area contributed by atoms with Crippen LogP contribution in [0.1, 0.15) is 20.8 Å². The summed E-state index contributed by atoms with van der Waals surface area (Å²) in [4.78, 5) is 13.4. The summed E-state index contributed by atoms with van der Waals surface area (Å²) in [6, 6.07) is 6.84. The van der Waals surface area contributed by atoms with Gasteiger partial charge in [0.25, 0.3) is 0 Å². The second-order valence-electron chi connectivity index (χ2n) is 4.07. The molecule has 0 aromatic heterocycles. The number of aromatic hydroxyl groups is 1. The minimum absolute atomic E-state index is 0.106. The zero-order valence-corrected chi connectivity index (χ0v) is 10.5. The lowest BCUT2D eigenvalue weighted by Crippen LogP contribution is -2.31. The quantitative estimate of drug-likeness (QED) is 0.797. The third-order valence-corrected chi connectivity index (χ3v) is 2.26. The molecular formula is C13H19NO3. The molecule has 0 aliphatic carbocycles. The summed E-state index contributed by atoms with van der Waals surface area (Å²) in [7, 11) is 0. The van der Waals surface area contributed by atoms with E-state index in [2.05, 4.69) is 0 Å². The molecule has 0 aliphatic rings. The van der Waals surface area contributed by atoms with E-state index < -0.39 is 0 Å². The highest BCUT2D eigenvalue weighted by atomic mass is 16.5. The maximum absolute atomic E-state index is 11.6. The van der Waals surface area contributed by atoms with Gasteiger partial charge >= 0.3 is 5.97 Å². The van der Waals surface area contributed by atoms with Crippen molar-refractivity contribution in [2.24, 2.45) is 0 Å². The normalized spacial score (nSPS) is 10.4. The van der Waals surface area contributed by atoms with Gasteiger partial charge in [-0.05, 0) is 32.9 Å². The van der Waals surface area contributed by atoms with E-state index in [1.54, 1.807) is 18.2 Å². The number of carbonyl (C=O) groups is 1. The fourth-order valence-electron chi connectivity index (χ4n) is 1.53. The number of phenols is 1. The molecule has 0 aliphatic heterocycles. The number of hydrogen-bond donors (Lipinski definition) is 1. The van der Waals surface area contributed by atoms with Gasteiger partial charge in [0, 0.05) is 18.3 Å². The van der Waals surface area contributed by atoms with Gasteiger partial charge in [0.05, 0.1) is 6.10 Å². The van der Waals surface area contributed by atoms with Gasteiger partial charge in [0.15, 0.2) is 0 Å². The largest absolute Gasteiger partial charge is 0.508 e. The van der Waals surface area contributed by atoms with Crippen molar-refractivity contribution < 1.29 is 14.6 Å². The third-order valence-electron chi connectivity index (χ3n) is 2.26. The Bertz CT molecular complexity index is 377. The first-order valence-electron chi connectivity index (χ1n) is 5.76. The number of ether oxygens (including phenoxy) is 1. The Hall–Kier alpha value is -1.71. The number of esters is 1. The summed E-state index contributed by atoms with van der Waals surface area (Å²) in [6.45, 7) is 6.46. The zero-order valence-electron chi connectivity index (χ0n) is 10.5. The predicted octanol–water partition coefficient (Wildman–Crippen LogP) is 2.17. The lowest BCUT2D eigenvalue weighted by atomic mass is 10.2. The number of nitrogens with zero attached hydrogens (tertiary/aromatic N) is 1. The third kappa shape index (κ3) is 4.34. The fraction of sp³-hybridized carbons (Fsp3) is 0.462. The summed E-state index contributed by atoms with van der Waals surface area (Å²) in [5.41, 5.74) is 0.813. The average molecular weight is 237 g/mol. The van der Waals surface area contributed by atoms with Gasteiger partial charge < -0.3 is 14.7 Å². The van der Waals surface area contributed by atoms with Gasteiger partial charge in [0.2, 0.25) is 0 Å². The highest BCUT2D eigenvalue weighted by Gasteiger charge is 2.12. The van der Waals surface area contributed by atoms with Gasteiger partial charge in [-0.2, -0.15) is 0 Å². The van der Waals surface area contributed by atoms with Gasteiger partial charge in [-0.3, -0.25) is 4.79 Å². The molecule has 94 valence electrons. The van der Waals surface area contributed by atoms with E-state index in [1.165, 1.54) is 0 Å². The number of phenolic OH excluding ortho intramolecular Hbond substituents is 1. The number of benzene rings is 1. The van der Waals surface area contributed by atoms with Crippen LogP contribution in [-0.4, -0.2) is 30.3 Å². The van der Waals surface area contributed by atoms with Crippen LogP contribution in [0.3, 0.4) is 0 Å². The zero-order chi connectivity index (χ0) is 12.8. The Morgan fingerprint density at radius 2 is 2.18 bits per heavy atom. The molecule has 0 amide bonds. The van der Waals surface area contributed by atoms with Crippen molar-refractivity contribution in [2.75, 3.05) is 18.0 Å². The SMILES string of the molecule is CCN(CC(=O)OC(C)C)c1cccc(O)c1. The summed E-state index contributed by atoms with van der Waals surface area (Å²) < 4.78 is 5.09. The maximum atomic E-state index is 11.6.